The van der Waals surface area contributed by atoms with Crippen LogP contribution in [0.4, 0.5) is 0 Å². The molecule has 0 atom stereocenters. The van der Waals surface area contributed by atoms with Gasteiger partial charge in [0.15, 0.2) is 5.15 Å². The molecule has 18 heavy (non-hydrogen) atoms. The number of hydrogen-bond donors (Lipinski definition) is 0. The normalized spacial score (nSPS) is 10.7. The summed E-state index contributed by atoms with van der Waals surface area (Å²) in [4.78, 5) is 3.94. The Morgan fingerprint density at radius 3 is 2.56 bits per heavy atom. The van der Waals surface area contributed by atoms with Gasteiger partial charge in [-0.2, -0.15) is 4.98 Å². The maximum atomic E-state index is 5.90. The van der Waals surface area contributed by atoms with E-state index in [1.54, 1.807) is 7.11 Å². The van der Waals surface area contributed by atoms with Gasteiger partial charge in [0.1, 0.15) is 5.02 Å². The molecule has 1 heterocycles. The van der Waals surface area contributed by atoms with Crippen molar-refractivity contribution in [2.24, 2.45) is 0 Å². The van der Waals surface area contributed by atoms with Crippen molar-refractivity contribution in [3.8, 4) is 5.88 Å². The Hall–Kier alpha value is -0.260. The summed E-state index contributed by atoms with van der Waals surface area (Å²) in [6, 6.07) is 1.50. The van der Waals surface area contributed by atoms with Gasteiger partial charge in [-0.3, -0.25) is 0 Å². The first-order valence-corrected chi connectivity index (χ1v) is 6.49. The van der Waals surface area contributed by atoms with E-state index in [1.165, 1.54) is 6.07 Å². The molecule has 0 fully saturated rings. The summed E-state index contributed by atoms with van der Waals surface area (Å²) >= 11 is 17.4. The van der Waals surface area contributed by atoms with Crippen molar-refractivity contribution < 1.29 is 14.2 Å². The van der Waals surface area contributed by atoms with Gasteiger partial charge in [-0.15, -0.1) is 0 Å². The van der Waals surface area contributed by atoms with Crippen molar-refractivity contribution in [1.82, 2.24) is 4.98 Å². The Kier molecular flexibility index (Phi) is 7.70. The van der Waals surface area contributed by atoms with Crippen LogP contribution in [0.3, 0.4) is 0 Å². The molecule has 0 unspecified atom stereocenters. The van der Waals surface area contributed by atoms with Gasteiger partial charge in [0.25, 0.3) is 0 Å². The van der Waals surface area contributed by atoms with E-state index in [-0.39, 0.29) is 11.0 Å². The first-order valence-electron chi connectivity index (χ1n) is 5.36. The Morgan fingerprint density at radius 2 is 1.83 bits per heavy atom. The van der Waals surface area contributed by atoms with Gasteiger partial charge < -0.3 is 14.2 Å². The van der Waals surface area contributed by atoms with E-state index >= 15 is 0 Å². The zero-order valence-electron chi connectivity index (χ0n) is 9.92. The van der Waals surface area contributed by atoms with Gasteiger partial charge in [0.2, 0.25) is 5.88 Å². The SMILES string of the molecule is COCCOCCCOc1nc(Cl)c(Cl)cc1Cl. The van der Waals surface area contributed by atoms with Crippen molar-refractivity contribution in [1.29, 1.82) is 0 Å². The lowest BCUT2D eigenvalue weighted by Gasteiger charge is -2.08. The molecule has 0 radical (unpaired) electrons. The van der Waals surface area contributed by atoms with E-state index in [2.05, 4.69) is 4.98 Å². The van der Waals surface area contributed by atoms with Crippen molar-refractivity contribution in [3.05, 3.63) is 21.3 Å². The smallest absolute Gasteiger partial charge is 0.234 e. The van der Waals surface area contributed by atoms with Crippen LogP contribution >= 0.6 is 34.8 Å². The summed E-state index contributed by atoms with van der Waals surface area (Å²) < 4.78 is 15.5. The van der Waals surface area contributed by atoms with Crippen LogP contribution in [0.5, 0.6) is 5.88 Å². The Bertz CT molecular complexity index is 377. The van der Waals surface area contributed by atoms with Gasteiger partial charge in [0, 0.05) is 20.1 Å². The summed E-state index contributed by atoms with van der Waals surface area (Å²) in [5.74, 6) is 0.281. The zero-order valence-corrected chi connectivity index (χ0v) is 12.2. The third kappa shape index (κ3) is 5.59. The molecule has 4 nitrogen and oxygen atoms in total. The molecule has 102 valence electrons. The number of halogens is 3. The van der Waals surface area contributed by atoms with Crippen LogP contribution < -0.4 is 4.74 Å². The highest BCUT2D eigenvalue weighted by Gasteiger charge is 2.08. The van der Waals surface area contributed by atoms with Gasteiger partial charge >= 0.3 is 0 Å². The van der Waals surface area contributed by atoms with Crippen LogP contribution in [-0.4, -0.2) is 38.5 Å². The molecule has 0 aliphatic rings. The van der Waals surface area contributed by atoms with Gasteiger partial charge in [-0.05, 0) is 6.07 Å². The highest BCUT2D eigenvalue weighted by molar-refractivity contribution is 6.42. The van der Waals surface area contributed by atoms with Crippen LogP contribution in [-0.2, 0) is 9.47 Å². The van der Waals surface area contributed by atoms with Gasteiger partial charge in [0.05, 0.1) is 24.8 Å². The lowest BCUT2D eigenvalue weighted by molar-refractivity contribution is 0.0642. The minimum Gasteiger partial charge on any atom is -0.476 e. The standard InChI is InChI=1S/C11H14Cl3NO3/c1-16-5-6-17-3-2-4-18-11-9(13)7-8(12)10(14)15-11/h7H,2-6H2,1H3. The molecule has 1 rings (SSSR count). The Balaban J connectivity index is 2.25. The van der Waals surface area contributed by atoms with Crippen molar-refractivity contribution in [2.45, 2.75) is 6.42 Å². The number of hydrogen-bond acceptors (Lipinski definition) is 4. The number of aromatic nitrogens is 1. The molecule has 0 aliphatic carbocycles. The summed E-state index contributed by atoms with van der Waals surface area (Å²) in [6.07, 6.45) is 0.724. The fourth-order valence-corrected chi connectivity index (χ4v) is 1.65. The second kappa shape index (κ2) is 8.77. The summed E-state index contributed by atoms with van der Waals surface area (Å²) in [5.41, 5.74) is 0. The summed E-state index contributed by atoms with van der Waals surface area (Å²) in [7, 11) is 1.63. The fraction of sp³-hybridized carbons (Fsp3) is 0.545. The average molecular weight is 315 g/mol. The maximum absolute atomic E-state index is 5.90. The average Bonchev–Trinajstić information content (AvgIpc) is 2.34. The topological polar surface area (TPSA) is 40.6 Å². The van der Waals surface area contributed by atoms with Crippen LogP contribution in [0.2, 0.25) is 15.2 Å². The minimum atomic E-state index is 0.174. The molecule has 0 aliphatic heterocycles. The molecular formula is C11H14Cl3NO3. The number of methoxy groups -OCH3 is 1. The summed E-state index contributed by atoms with van der Waals surface area (Å²) in [6.45, 7) is 2.18. The lowest BCUT2D eigenvalue weighted by Crippen LogP contribution is -2.07. The largest absolute Gasteiger partial charge is 0.476 e. The van der Waals surface area contributed by atoms with Crippen molar-refractivity contribution in [3.63, 3.8) is 0 Å². The Labute approximate surface area is 121 Å². The quantitative estimate of drug-likeness (QED) is 0.544. The lowest BCUT2D eigenvalue weighted by atomic mass is 10.4. The predicted molar refractivity (Wildman–Crippen MR) is 72.1 cm³/mol. The molecule has 1 aromatic rings. The third-order valence-electron chi connectivity index (χ3n) is 1.96. The number of rotatable bonds is 8. The van der Waals surface area contributed by atoms with Crippen molar-refractivity contribution in [2.75, 3.05) is 33.5 Å². The van der Waals surface area contributed by atoms with E-state index in [0.717, 1.165) is 6.42 Å². The first kappa shape index (κ1) is 15.8. The van der Waals surface area contributed by atoms with Crippen LogP contribution in [0.25, 0.3) is 0 Å². The highest BCUT2D eigenvalue weighted by atomic mass is 35.5. The van der Waals surface area contributed by atoms with E-state index in [0.29, 0.717) is 36.5 Å². The van der Waals surface area contributed by atoms with Crippen molar-refractivity contribution >= 4 is 34.8 Å². The molecule has 0 amide bonds. The third-order valence-corrected chi connectivity index (χ3v) is 2.90. The van der Waals surface area contributed by atoms with E-state index in [9.17, 15) is 0 Å². The van der Waals surface area contributed by atoms with E-state index in [1.807, 2.05) is 0 Å². The zero-order chi connectivity index (χ0) is 13.4. The summed E-state index contributed by atoms with van der Waals surface area (Å²) in [5, 5.41) is 0.814. The molecule has 1 aromatic heterocycles. The predicted octanol–water partition coefficient (Wildman–Crippen LogP) is 3.47. The number of ether oxygens (including phenoxy) is 3. The molecule has 0 saturated carbocycles. The van der Waals surface area contributed by atoms with Gasteiger partial charge in [-0.25, -0.2) is 0 Å². The van der Waals surface area contributed by atoms with E-state index < -0.39 is 0 Å². The molecule has 0 bridgehead atoms. The second-order valence-electron chi connectivity index (χ2n) is 3.36. The second-order valence-corrected chi connectivity index (χ2v) is 4.53. The van der Waals surface area contributed by atoms with E-state index in [4.69, 9.17) is 49.0 Å². The number of pyridine rings is 1. The Morgan fingerprint density at radius 1 is 1.06 bits per heavy atom. The molecule has 0 aromatic carbocycles. The first-order chi connectivity index (χ1) is 8.65. The monoisotopic (exact) mass is 313 g/mol. The molecule has 0 spiro atoms. The van der Waals surface area contributed by atoms with Crippen LogP contribution in [0.1, 0.15) is 6.42 Å². The molecule has 7 heteroatoms. The highest BCUT2D eigenvalue weighted by Crippen LogP contribution is 2.30. The fourth-order valence-electron chi connectivity index (χ4n) is 1.10. The molecule has 0 N–H and O–H groups in total. The maximum Gasteiger partial charge on any atom is 0.234 e. The molecular weight excluding hydrogens is 300 g/mol. The molecule has 0 saturated heterocycles. The van der Waals surface area contributed by atoms with Crippen LogP contribution in [0.15, 0.2) is 6.07 Å². The minimum absolute atomic E-state index is 0.174. The number of nitrogens with zero attached hydrogens (tertiary/aromatic N) is 1. The van der Waals surface area contributed by atoms with Gasteiger partial charge in [-0.1, -0.05) is 34.8 Å². The van der Waals surface area contributed by atoms with Crippen LogP contribution in [0, 0.1) is 0 Å².